The lowest BCUT2D eigenvalue weighted by Crippen LogP contribution is -2.40. The molecular formula is C14H19FN2O4S. The summed E-state index contributed by atoms with van der Waals surface area (Å²) in [5.41, 5.74) is 0.503. The van der Waals surface area contributed by atoms with Crippen molar-refractivity contribution in [3.8, 4) is 0 Å². The molecule has 0 spiro atoms. The number of hydrogen-bond donors (Lipinski definition) is 3. The number of aliphatic hydroxyl groups is 1. The van der Waals surface area contributed by atoms with Gasteiger partial charge in [-0.25, -0.2) is 17.6 Å². The topological polar surface area (TPSA) is 95.5 Å². The van der Waals surface area contributed by atoms with Crippen molar-refractivity contribution in [1.82, 2.24) is 10.6 Å². The van der Waals surface area contributed by atoms with E-state index < -0.39 is 27.8 Å². The number of carbonyl (C=O) groups is 1. The van der Waals surface area contributed by atoms with Crippen molar-refractivity contribution in [2.75, 3.05) is 24.6 Å². The number of nitrogens with one attached hydrogen (secondary N) is 2. The Labute approximate surface area is 128 Å². The number of rotatable bonds is 5. The lowest BCUT2D eigenvalue weighted by atomic mass is 10.1. The molecule has 0 saturated carbocycles. The molecule has 2 amide bonds. The zero-order chi connectivity index (χ0) is 16.2. The van der Waals surface area contributed by atoms with Crippen LogP contribution in [0.15, 0.2) is 24.3 Å². The molecule has 2 atom stereocenters. The molecule has 122 valence electrons. The number of carbonyl (C=O) groups excluding carboxylic acids is 1. The average molecular weight is 330 g/mol. The fourth-order valence-electron chi connectivity index (χ4n) is 2.32. The molecule has 2 rings (SSSR count). The molecule has 0 aliphatic carbocycles. The Morgan fingerprint density at radius 3 is 2.59 bits per heavy atom. The van der Waals surface area contributed by atoms with Gasteiger partial charge in [-0.05, 0) is 30.0 Å². The van der Waals surface area contributed by atoms with Crippen LogP contribution in [-0.4, -0.2) is 44.2 Å². The monoisotopic (exact) mass is 330 g/mol. The van der Waals surface area contributed by atoms with E-state index in [1.165, 1.54) is 24.3 Å². The summed E-state index contributed by atoms with van der Waals surface area (Å²) >= 11 is 0. The maximum absolute atomic E-state index is 12.8. The van der Waals surface area contributed by atoms with Crippen LogP contribution in [-0.2, 0) is 9.84 Å². The number of benzene rings is 1. The van der Waals surface area contributed by atoms with Gasteiger partial charge in [0.1, 0.15) is 5.82 Å². The van der Waals surface area contributed by atoms with E-state index >= 15 is 0 Å². The summed E-state index contributed by atoms with van der Waals surface area (Å²) in [7, 11) is -2.95. The number of halogens is 1. The Hall–Kier alpha value is -1.67. The van der Waals surface area contributed by atoms with Gasteiger partial charge in [0.15, 0.2) is 9.84 Å². The van der Waals surface area contributed by atoms with E-state index in [2.05, 4.69) is 10.6 Å². The van der Waals surface area contributed by atoms with Crippen molar-refractivity contribution >= 4 is 15.9 Å². The molecule has 0 bridgehead atoms. The first kappa shape index (κ1) is 16.7. The molecule has 1 fully saturated rings. The summed E-state index contributed by atoms with van der Waals surface area (Å²) in [6.07, 6.45) is -0.376. The number of amides is 2. The summed E-state index contributed by atoms with van der Waals surface area (Å²) in [6, 6.07) is 4.90. The third-order valence-corrected chi connectivity index (χ3v) is 5.43. The molecule has 1 heterocycles. The second-order valence-electron chi connectivity index (χ2n) is 5.43. The maximum atomic E-state index is 12.8. The summed E-state index contributed by atoms with van der Waals surface area (Å²) < 4.78 is 35.3. The van der Waals surface area contributed by atoms with Gasteiger partial charge in [-0.15, -0.1) is 0 Å². The molecule has 1 aromatic rings. The van der Waals surface area contributed by atoms with Gasteiger partial charge in [0.25, 0.3) is 0 Å². The van der Waals surface area contributed by atoms with Crippen LogP contribution in [0.4, 0.5) is 9.18 Å². The zero-order valence-electron chi connectivity index (χ0n) is 12.0. The van der Waals surface area contributed by atoms with Crippen LogP contribution >= 0.6 is 0 Å². The first-order valence-corrected chi connectivity index (χ1v) is 8.83. The lowest BCUT2D eigenvalue weighted by molar-refractivity contribution is 0.173. The average Bonchev–Trinajstić information content (AvgIpc) is 2.82. The summed E-state index contributed by atoms with van der Waals surface area (Å²) in [5.74, 6) is -0.179. The van der Waals surface area contributed by atoms with E-state index in [-0.39, 0.29) is 30.5 Å². The van der Waals surface area contributed by atoms with Gasteiger partial charge in [-0.3, -0.25) is 0 Å². The Morgan fingerprint density at radius 2 is 2.00 bits per heavy atom. The predicted octanol–water partition coefficient (Wildman–Crippen LogP) is 0.593. The van der Waals surface area contributed by atoms with Gasteiger partial charge in [-0.2, -0.15) is 0 Å². The van der Waals surface area contributed by atoms with Gasteiger partial charge in [0.2, 0.25) is 0 Å². The second-order valence-corrected chi connectivity index (χ2v) is 7.66. The van der Waals surface area contributed by atoms with Gasteiger partial charge in [0, 0.05) is 13.1 Å². The number of urea groups is 1. The van der Waals surface area contributed by atoms with Crippen molar-refractivity contribution in [3.05, 3.63) is 35.6 Å². The highest BCUT2D eigenvalue weighted by atomic mass is 32.2. The largest absolute Gasteiger partial charge is 0.387 e. The third-order valence-electron chi connectivity index (χ3n) is 3.59. The normalized spacial score (nSPS) is 21.3. The molecule has 1 aliphatic heterocycles. The highest BCUT2D eigenvalue weighted by molar-refractivity contribution is 7.91. The quantitative estimate of drug-likeness (QED) is 0.736. The van der Waals surface area contributed by atoms with E-state index in [9.17, 15) is 22.7 Å². The fraction of sp³-hybridized carbons (Fsp3) is 0.500. The van der Waals surface area contributed by atoms with Gasteiger partial charge >= 0.3 is 6.03 Å². The Kier molecular flexibility index (Phi) is 5.36. The standard InChI is InChI=1S/C14H19FN2O4S/c15-12-3-1-11(2-4-12)13(18)8-17-14(19)16-7-10-5-6-22(20,21)9-10/h1-4,10,13,18H,5-9H2,(H2,16,17,19)/t10-,13+/m0/s1. The first-order chi connectivity index (χ1) is 10.4. The van der Waals surface area contributed by atoms with Crippen LogP contribution in [0.3, 0.4) is 0 Å². The lowest BCUT2D eigenvalue weighted by Gasteiger charge is -2.14. The van der Waals surface area contributed by atoms with Crippen molar-refractivity contribution < 1.29 is 22.7 Å². The van der Waals surface area contributed by atoms with Crippen LogP contribution in [0.5, 0.6) is 0 Å². The van der Waals surface area contributed by atoms with Gasteiger partial charge in [0.05, 0.1) is 17.6 Å². The third kappa shape index (κ3) is 4.96. The van der Waals surface area contributed by atoms with Crippen molar-refractivity contribution in [1.29, 1.82) is 0 Å². The highest BCUT2D eigenvalue weighted by Gasteiger charge is 2.27. The van der Waals surface area contributed by atoms with E-state index in [1.807, 2.05) is 0 Å². The molecular weight excluding hydrogens is 311 g/mol. The molecule has 0 aromatic heterocycles. The molecule has 0 radical (unpaired) electrons. The van der Waals surface area contributed by atoms with Crippen molar-refractivity contribution in [3.63, 3.8) is 0 Å². The summed E-state index contributed by atoms with van der Waals surface area (Å²) in [4.78, 5) is 11.6. The molecule has 1 aromatic carbocycles. The molecule has 22 heavy (non-hydrogen) atoms. The van der Waals surface area contributed by atoms with Crippen LogP contribution in [0, 0.1) is 11.7 Å². The fourth-order valence-corrected chi connectivity index (χ4v) is 4.19. The van der Waals surface area contributed by atoms with Gasteiger partial charge in [-0.1, -0.05) is 12.1 Å². The number of sulfone groups is 1. The molecule has 3 N–H and O–H groups in total. The van der Waals surface area contributed by atoms with Crippen LogP contribution in [0.25, 0.3) is 0 Å². The molecule has 1 aliphatic rings. The zero-order valence-corrected chi connectivity index (χ0v) is 12.8. The van der Waals surface area contributed by atoms with Crippen molar-refractivity contribution in [2.24, 2.45) is 5.92 Å². The minimum absolute atomic E-state index is 0.0135. The summed E-state index contributed by atoms with van der Waals surface area (Å²) in [5, 5.41) is 15.0. The maximum Gasteiger partial charge on any atom is 0.314 e. The summed E-state index contributed by atoms with van der Waals surface area (Å²) in [6.45, 7) is 0.276. The van der Waals surface area contributed by atoms with E-state index in [0.29, 0.717) is 12.0 Å². The molecule has 1 saturated heterocycles. The van der Waals surface area contributed by atoms with E-state index in [4.69, 9.17) is 0 Å². The number of aliphatic hydroxyl groups excluding tert-OH is 1. The van der Waals surface area contributed by atoms with E-state index in [0.717, 1.165) is 0 Å². The van der Waals surface area contributed by atoms with Crippen LogP contribution in [0.1, 0.15) is 18.1 Å². The predicted molar refractivity (Wildman–Crippen MR) is 79.5 cm³/mol. The number of hydrogen-bond acceptors (Lipinski definition) is 4. The van der Waals surface area contributed by atoms with Crippen molar-refractivity contribution in [2.45, 2.75) is 12.5 Å². The molecule has 8 heteroatoms. The highest BCUT2D eigenvalue weighted by Crippen LogP contribution is 2.17. The van der Waals surface area contributed by atoms with E-state index in [1.54, 1.807) is 0 Å². The molecule has 0 unspecified atom stereocenters. The minimum Gasteiger partial charge on any atom is -0.387 e. The Balaban J connectivity index is 1.70. The SMILES string of the molecule is O=C(NC[C@@H]1CCS(=O)(=O)C1)NC[C@@H](O)c1ccc(F)cc1. The Bertz CT molecular complexity index is 618. The second kappa shape index (κ2) is 7.06. The smallest absolute Gasteiger partial charge is 0.314 e. The molecule has 6 nitrogen and oxygen atoms in total. The Morgan fingerprint density at radius 1 is 1.32 bits per heavy atom. The van der Waals surface area contributed by atoms with Gasteiger partial charge < -0.3 is 15.7 Å². The van der Waals surface area contributed by atoms with Crippen LogP contribution in [0.2, 0.25) is 0 Å². The first-order valence-electron chi connectivity index (χ1n) is 7.01. The minimum atomic E-state index is -2.95. The van der Waals surface area contributed by atoms with Crippen LogP contribution < -0.4 is 10.6 Å².